The van der Waals surface area contributed by atoms with Gasteiger partial charge in [0.25, 0.3) is 5.91 Å². The molecular formula is C14H15NO4. The first kappa shape index (κ1) is 13.0. The van der Waals surface area contributed by atoms with Gasteiger partial charge < -0.3 is 19.9 Å². The number of nitrogens with one attached hydrogen (secondary N) is 1. The molecule has 5 nitrogen and oxygen atoms in total. The minimum Gasteiger partial charge on any atom is -0.508 e. The number of carbonyl (C=O) groups is 1. The van der Waals surface area contributed by atoms with E-state index < -0.39 is 0 Å². The number of rotatable bonds is 4. The first-order valence-corrected chi connectivity index (χ1v) is 5.91. The Morgan fingerprint density at radius 3 is 2.58 bits per heavy atom. The molecular weight excluding hydrogens is 246 g/mol. The third-order valence-electron chi connectivity index (χ3n) is 2.63. The van der Waals surface area contributed by atoms with Crippen LogP contribution in [0.1, 0.15) is 23.0 Å². The monoisotopic (exact) mass is 261 g/mol. The maximum absolute atomic E-state index is 11.9. The highest BCUT2D eigenvalue weighted by Gasteiger charge is 2.13. The molecule has 2 aromatic rings. The van der Waals surface area contributed by atoms with Crippen LogP contribution in [0.2, 0.25) is 0 Å². The van der Waals surface area contributed by atoms with Gasteiger partial charge in [0, 0.05) is 24.1 Å². The van der Waals surface area contributed by atoms with Crippen molar-refractivity contribution in [3.05, 3.63) is 47.9 Å². The molecule has 1 atom stereocenters. The van der Waals surface area contributed by atoms with E-state index in [2.05, 4.69) is 5.32 Å². The van der Waals surface area contributed by atoms with Crippen LogP contribution in [-0.4, -0.2) is 22.2 Å². The van der Waals surface area contributed by atoms with E-state index in [4.69, 9.17) is 4.42 Å². The van der Waals surface area contributed by atoms with E-state index in [-0.39, 0.29) is 29.0 Å². The molecule has 1 heterocycles. The van der Waals surface area contributed by atoms with Gasteiger partial charge in [-0.1, -0.05) is 0 Å². The van der Waals surface area contributed by atoms with Crippen LogP contribution in [0.4, 0.5) is 0 Å². The normalized spacial score (nSPS) is 12.1. The van der Waals surface area contributed by atoms with Crippen LogP contribution in [0.25, 0.3) is 0 Å². The van der Waals surface area contributed by atoms with Crippen LogP contribution < -0.4 is 5.32 Å². The van der Waals surface area contributed by atoms with Gasteiger partial charge in [-0.15, -0.1) is 0 Å². The smallest absolute Gasteiger partial charge is 0.251 e. The zero-order valence-corrected chi connectivity index (χ0v) is 10.5. The number of phenols is 2. The first-order valence-electron chi connectivity index (χ1n) is 5.91. The molecule has 1 unspecified atom stereocenters. The van der Waals surface area contributed by atoms with Gasteiger partial charge in [-0.05, 0) is 31.2 Å². The highest BCUT2D eigenvalue weighted by atomic mass is 16.3. The molecule has 0 aliphatic heterocycles. The molecule has 19 heavy (non-hydrogen) atoms. The highest BCUT2D eigenvalue weighted by molar-refractivity contribution is 5.95. The molecule has 0 saturated carbocycles. The molecule has 1 aromatic heterocycles. The average molecular weight is 261 g/mol. The summed E-state index contributed by atoms with van der Waals surface area (Å²) in [7, 11) is 0. The molecule has 100 valence electrons. The average Bonchev–Trinajstić information content (AvgIpc) is 2.80. The SMILES string of the molecule is CC(Cc1ccco1)NC(=O)c1cc(O)cc(O)c1. The van der Waals surface area contributed by atoms with Crippen LogP contribution >= 0.6 is 0 Å². The van der Waals surface area contributed by atoms with Crippen molar-refractivity contribution in [2.75, 3.05) is 0 Å². The lowest BCUT2D eigenvalue weighted by Crippen LogP contribution is -2.33. The maximum atomic E-state index is 11.9. The summed E-state index contributed by atoms with van der Waals surface area (Å²) in [5.41, 5.74) is 0.212. The number of phenolic OH excluding ortho intramolecular Hbond substituents is 2. The van der Waals surface area contributed by atoms with Crippen molar-refractivity contribution in [1.82, 2.24) is 5.32 Å². The van der Waals surface area contributed by atoms with E-state index >= 15 is 0 Å². The summed E-state index contributed by atoms with van der Waals surface area (Å²) in [6, 6.07) is 7.27. The summed E-state index contributed by atoms with van der Waals surface area (Å²) < 4.78 is 5.20. The predicted octanol–water partition coefficient (Wildman–Crippen LogP) is 2.05. The van der Waals surface area contributed by atoms with Gasteiger partial charge in [0.2, 0.25) is 0 Å². The lowest BCUT2D eigenvalue weighted by atomic mass is 10.1. The van der Waals surface area contributed by atoms with E-state index in [9.17, 15) is 15.0 Å². The zero-order valence-electron chi connectivity index (χ0n) is 10.5. The lowest BCUT2D eigenvalue weighted by Gasteiger charge is -2.12. The van der Waals surface area contributed by atoms with E-state index in [0.29, 0.717) is 6.42 Å². The number of furan rings is 1. The van der Waals surface area contributed by atoms with E-state index in [0.717, 1.165) is 5.76 Å². The van der Waals surface area contributed by atoms with Gasteiger partial charge in [0.1, 0.15) is 17.3 Å². The highest BCUT2D eigenvalue weighted by Crippen LogP contribution is 2.20. The van der Waals surface area contributed by atoms with Crippen molar-refractivity contribution in [1.29, 1.82) is 0 Å². The Bertz CT molecular complexity index is 543. The lowest BCUT2D eigenvalue weighted by molar-refractivity contribution is 0.0938. The summed E-state index contributed by atoms with van der Waals surface area (Å²) in [5, 5.41) is 21.4. The number of amides is 1. The number of benzene rings is 1. The van der Waals surface area contributed by atoms with Gasteiger partial charge in [-0.3, -0.25) is 4.79 Å². The van der Waals surface area contributed by atoms with Gasteiger partial charge in [-0.25, -0.2) is 0 Å². The van der Waals surface area contributed by atoms with Crippen molar-refractivity contribution in [2.24, 2.45) is 0 Å². The van der Waals surface area contributed by atoms with Crippen LogP contribution in [0.3, 0.4) is 0 Å². The molecule has 0 aliphatic rings. The second kappa shape index (κ2) is 5.48. The van der Waals surface area contributed by atoms with Gasteiger partial charge in [0.15, 0.2) is 0 Å². The molecule has 1 aromatic carbocycles. The first-order chi connectivity index (χ1) is 9.04. The molecule has 0 spiro atoms. The van der Waals surface area contributed by atoms with E-state index in [1.807, 2.05) is 13.0 Å². The minimum absolute atomic E-state index is 0.122. The summed E-state index contributed by atoms with van der Waals surface area (Å²) >= 11 is 0. The Morgan fingerprint density at radius 1 is 1.32 bits per heavy atom. The summed E-state index contributed by atoms with van der Waals surface area (Å²) in [5.74, 6) is 0.129. The molecule has 1 amide bonds. The van der Waals surface area contributed by atoms with Crippen molar-refractivity contribution in [3.8, 4) is 11.5 Å². The van der Waals surface area contributed by atoms with Crippen LogP contribution in [0.5, 0.6) is 11.5 Å². The van der Waals surface area contributed by atoms with Gasteiger partial charge in [0.05, 0.1) is 6.26 Å². The number of aromatic hydroxyl groups is 2. The van der Waals surface area contributed by atoms with Gasteiger partial charge in [-0.2, -0.15) is 0 Å². The minimum atomic E-state index is -0.356. The van der Waals surface area contributed by atoms with Crippen LogP contribution in [0.15, 0.2) is 41.0 Å². The number of carbonyl (C=O) groups excluding carboxylic acids is 1. The van der Waals surface area contributed by atoms with Crippen LogP contribution in [-0.2, 0) is 6.42 Å². The second-order valence-corrected chi connectivity index (χ2v) is 4.40. The Morgan fingerprint density at radius 2 is 2.00 bits per heavy atom. The fourth-order valence-corrected chi connectivity index (χ4v) is 1.81. The third-order valence-corrected chi connectivity index (χ3v) is 2.63. The summed E-state index contributed by atoms with van der Waals surface area (Å²) in [4.78, 5) is 11.9. The Labute approximate surface area is 110 Å². The van der Waals surface area contributed by atoms with Crippen molar-refractivity contribution < 1.29 is 19.4 Å². The van der Waals surface area contributed by atoms with E-state index in [1.165, 1.54) is 18.2 Å². The second-order valence-electron chi connectivity index (χ2n) is 4.40. The molecule has 5 heteroatoms. The molecule has 0 saturated heterocycles. The molecule has 0 aliphatic carbocycles. The van der Waals surface area contributed by atoms with Crippen molar-refractivity contribution >= 4 is 5.91 Å². The van der Waals surface area contributed by atoms with Gasteiger partial charge >= 0.3 is 0 Å². The number of hydrogen-bond acceptors (Lipinski definition) is 4. The molecule has 0 radical (unpaired) electrons. The van der Waals surface area contributed by atoms with Crippen molar-refractivity contribution in [2.45, 2.75) is 19.4 Å². The topological polar surface area (TPSA) is 82.7 Å². The fourth-order valence-electron chi connectivity index (χ4n) is 1.81. The van der Waals surface area contributed by atoms with E-state index in [1.54, 1.807) is 12.3 Å². The fraction of sp³-hybridized carbons (Fsp3) is 0.214. The Hall–Kier alpha value is -2.43. The number of hydrogen-bond donors (Lipinski definition) is 3. The molecule has 3 N–H and O–H groups in total. The van der Waals surface area contributed by atoms with Crippen molar-refractivity contribution in [3.63, 3.8) is 0 Å². The predicted molar refractivity (Wildman–Crippen MR) is 69.1 cm³/mol. The Kier molecular flexibility index (Phi) is 3.75. The summed E-state index contributed by atoms with van der Waals surface area (Å²) in [6.45, 7) is 1.85. The maximum Gasteiger partial charge on any atom is 0.251 e. The zero-order chi connectivity index (χ0) is 13.8. The molecule has 0 fully saturated rings. The Balaban J connectivity index is 2.00. The standard InChI is InChI=1S/C14H15NO4/c1-9(5-13-3-2-4-19-13)15-14(18)10-6-11(16)8-12(17)7-10/h2-4,6-9,16-17H,5H2,1H3,(H,15,18). The quantitative estimate of drug-likeness (QED) is 0.786. The molecule has 0 bridgehead atoms. The third kappa shape index (κ3) is 3.51. The molecule has 2 rings (SSSR count). The van der Waals surface area contributed by atoms with Crippen LogP contribution in [0, 0.1) is 0 Å². The largest absolute Gasteiger partial charge is 0.508 e. The summed E-state index contributed by atoms with van der Waals surface area (Å²) in [6.07, 6.45) is 2.15.